The van der Waals surface area contributed by atoms with Crippen molar-refractivity contribution >= 4 is 0 Å². The molecule has 30 heavy (non-hydrogen) atoms. The minimum Gasteiger partial charge on any atom is -0.206 e. The molecule has 0 aliphatic heterocycles. The fraction of sp³-hybridized carbons (Fsp3) is 0.231. The highest BCUT2D eigenvalue weighted by Crippen LogP contribution is 2.26. The molecule has 3 aromatic rings. The summed E-state index contributed by atoms with van der Waals surface area (Å²) in [6, 6.07) is 13.7. The van der Waals surface area contributed by atoms with Gasteiger partial charge in [0.1, 0.15) is 5.82 Å². The Kier molecular flexibility index (Phi) is 7.30. The lowest BCUT2D eigenvalue weighted by Crippen LogP contribution is -1.94. The first kappa shape index (κ1) is 21.6. The number of benzene rings is 3. The summed E-state index contributed by atoms with van der Waals surface area (Å²) in [6.45, 7) is 2.19. The Morgan fingerprint density at radius 2 is 1.30 bits per heavy atom. The van der Waals surface area contributed by atoms with E-state index in [1.54, 1.807) is 6.07 Å². The minimum absolute atomic E-state index is 0.0224. The van der Waals surface area contributed by atoms with Gasteiger partial charge in [-0.2, -0.15) is 0 Å². The van der Waals surface area contributed by atoms with Crippen molar-refractivity contribution in [3.05, 3.63) is 94.6 Å². The van der Waals surface area contributed by atoms with Crippen molar-refractivity contribution in [3.8, 4) is 23.0 Å². The van der Waals surface area contributed by atoms with Crippen LogP contribution in [0.15, 0.2) is 54.6 Å². The van der Waals surface area contributed by atoms with Crippen LogP contribution in [-0.4, -0.2) is 0 Å². The van der Waals surface area contributed by atoms with E-state index in [4.69, 9.17) is 0 Å². The molecular formula is C26H22F4. The largest absolute Gasteiger partial charge is 0.206 e. The second-order valence-corrected chi connectivity index (χ2v) is 7.21. The summed E-state index contributed by atoms with van der Waals surface area (Å²) in [4.78, 5) is 0. The van der Waals surface area contributed by atoms with Gasteiger partial charge in [-0.25, -0.2) is 17.6 Å². The van der Waals surface area contributed by atoms with Crippen LogP contribution >= 0.6 is 0 Å². The Labute approximate surface area is 174 Å². The van der Waals surface area contributed by atoms with Gasteiger partial charge in [0.05, 0.1) is 0 Å². The summed E-state index contributed by atoms with van der Waals surface area (Å²) in [7, 11) is 0. The molecule has 154 valence electrons. The second kappa shape index (κ2) is 10.1. The topological polar surface area (TPSA) is 0 Å². The molecule has 0 aliphatic rings. The highest BCUT2D eigenvalue weighted by molar-refractivity contribution is 5.65. The van der Waals surface area contributed by atoms with Crippen molar-refractivity contribution in [2.24, 2.45) is 0 Å². The first-order chi connectivity index (χ1) is 14.5. The number of unbranched alkanes of at least 4 members (excludes halogenated alkanes) is 3. The summed E-state index contributed by atoms with van der Waals surface area (Å²) in [5.41, 5.74) is 2.43. The van der Waals surface area contributed by atoms with Crippen molar-refractivity contribution in [3.63, 3.8) is 0 Å². The molecular weight excluding hydrogens is 388 g/mol. The molecule has 0 nitrogen and oxygen atoms in total. The number of hydrogen-bond donors (Lipinski definition) is 0. The van der Waals surface area contributed by atoms with E-state index >= 15 is 0 Å². The van der Waals surface area contributed by atoms with E-state index in [9.17, 15) is 17.6 Å². The van der Waals surface area contributed by atoms with E-state index in [1.807, 2.05) is 12.1 Å². The van der Waals surface area contributed by atoms with Crippen LogP contribution in [0.5, 0.6) is 0 Å². The van der Waals surface area contributed by atoms with Crippen LogP contribution in [0, 0.1) is 35.1 Å². The van der Waals surface area contributed by atoms with Gasteiger partial charge in [-0.15, -0.1) is 0 Å². The molecule has 0 unspecified atom stereocenters. The molecule has 4 heteroatoms. The minimum atomic E-state index is -1.58. The third-order valence-electron chi connectivity index (χ3n) is 4.89. The van der Waals surface area contributed by atoms with Crippen LogP contribution in [0.4, 0.5) is 17.6 Å². The molecule has 0 radical (unpaired) electrons. The quantitative estimate of drug-likeness (QED) is 0.172. The molecule has 0 aliphatic carbocycles. The highest BCUT2D eigenvalue weighted by Gasteiger charge is 2.14. The van der Waals surface area contributed by atoms with Gasteiger partial charge in [-0.3, -0.25) is 0 Å². The van der Waals surface area contributed by atoms with Crippen LogP contribution in [0.25, 0.3) is 11.1 Å². The summed E-state index contributed by atoms with van der Waals surface area (Å²) in [6.07, 6.45) is 5.92. The predicted octanol–water partition coefficient (Wildman–Crippen LogP) is 7.43. The normalized spacial score (nSPS) is 10.6. The van der Waals surface area contributed by atoms with Crippen LogP contribution < -0.4 is 0 Å². The SMILES string of the molecule is CCCCCCc1ccc(C#Cc2ccc(-c3cc(F)c(F)c(F)c3)c(F)c2)cc1. The first-order valence-corrected chi connectivity index (χ1v) is 10.0. The lowest BCUT2D eigenvalue weighted by Gasteiger charge is -2.06. The van der Waals surface area contributed by atoms with Gasteiger partial charge in [-0.05, 0) is 60.4 Å². The van der Waals surface area contributed by atoms with Crippen LogP contribution in [0.1, 0.15) is 49.3 Å². The molecule has 0 amide bonds. The van der Waals surface area contributed by atoms with Crippen molar-refractivity contribution in [2.45, 2.75) is 39.0 Å². The maximum absolute atomic E-state index is 14.4. The third-order valence-corrected chi connectivity index (χ3v) is 4.89. The second-order valence-electron chi connectivity index (χ2n) is 7.21. The standard InChI is InChI=1S/C26H22F4/c1-2-3-4-5-6-18-7-9-19(10-8-18)11-12-20-13-14-22(23(27)15-20)21-16-24(28)26(30)25(29)17-21/h7-10,13-17H,2-6H2,1H3. The smallest absolute Gasteiger partial charge is 0.194 e. The molecule has 0 spiro atoms. The summed E-state index contributed by atoms with van der Waals surface area (Å²) < 4.78 is 54.4. The highest BCUT2D eigenvalue weighted by atomic mass is 19.2. The average Bonchev–Trinajstić information content (AvgIpc) is 2.74. The van der Waals surface area contributed by atoms with Crippen molar-refractivity contribution in [2.75, 3.05) is 0 Å². The van der Waals surface area contributed by atoms with Crippen LogP contribution in [-0.2, 0) is 6.42 Å². The zero-order valence-corrected chi connectivity index (χ0v) is 16.7. The molecule has 0 fully saturated rings. The van der Waals surface area contributed by atoms with E-state index in [-0.39, 0.29) is 11.1 Å². The third kappa shape index (κ3) is 5.51. The Morgan fingerprint density at radius 1 is 0.667 bits per heavy atom. The summed E-state index contributed by atoms with van der Waals surface area (Å²) >= 11 is 0. The maximum Gasteiger partial charge on any atom is 0.194 e. The lowest BCUT2D eigenvalue weighted by molar-refractivity contribution is 0.447. The van der Waals surface area contributed by atoms with E-state index in [2.05, 4.69) is 30.9 Å². The van der Waals surface area contributed by atoms with Gasteiger partial charge < -0.3 is 0 Å². The number of halogens is 4. The van der Waals surface area contributed by atoms with E-state index in [0.29, 0.717) is 5.56 Å². The summed E-state index contributed by atoms with van der Waals surface area (Å²) in [5, 5.41) is 0. The molecule has 0 aromatic heterocycles. The zero-order valence-electron chi connectivity index (χ0n) is 16.7. The Bertz CT molecular complexity index is 1050. The van der Waals surface area contributed by atoms with Gasteiger partial charge in [0.25, 0.3) is 0 Å². The molecule has 0 saturated carbocycles. The molecule has 3 rings (SSSR count). The average molecular weight is 410 g/mol. The maximum atomic E-state index is 14.4. The predicted molar refractivity (Wildman–Crippen MR) is 112 cm³/mol. The van der Waals surface area contributed by atoms with Gasteiger partial charge in [-0.1, -0.05) is 56.2 Å². The van der Waals surface area contributed by atoms with Crippen molar-refractivity contribution in [1.82, 2.24) is 0 Å². The molecule has 3 aromatic carbocycles. The zero-order chi connectivity index (χ0) is 21.5. The number of hydrogen-bond acceptors (Lipinski definition) is 0. The fourth-order valence-corrected chi connectivity index (χ4v) is 3.19. The van der Waals surface area contributed by atoms with Gasteiger partial charge in [0.2, 0.25) is 0 Å². The van der Waals surface area contributed by atoms with E-state index in [0.717, 1.165) is 24.1 Å². The van der Waals surface area contributed by atoms with Gasteiger partial charge >= 0.3 is 0 Å². The van der Waals surface area contributed by atoms with Gasteiger partial charge in [0.15, 0.2) is 17.5 Å². The van der Waals surface area contributed by atoms with E-state index in [1.165, 1.54) is 43.4 Å². The molecule has 0 saturated heterocycles. The number of aryl methyl sites for hydroxylation is 1. The van der Waals surface area contributed by atoms with Crippen molar-refractivity contribution < 1.29 is 17.6 Å². The first-order valence-electron chi connectivity index (χ1n) is 10.0. The number of rotatable bonds is 6. The fourth-order valence-electron chi connectivity index (χ4n) is 3.19. The van der Waals surface area contributed by atoms with Crippen LogP contribution in [0.3, 0.4) is 0 Å². The Hall–Kier alpha value is -3.06. The van der Waals surface area contributed by atoms with E-state index < -0.39 is 23.3 Å². The monoisotopic (exact) mass is 410 g/mol. The van der Waals surface area contributed by atoms with Gasteiger partial charge in [0, 0.05) is 16.7 Å². The Morgan fingerprint density at radius 3 is 1.93 bits per heavy atom. The van der Waals surface area contributed by atoms with Crippen molar-refractivity contribution in [1.29, 1.82) is 0 Å². The molecule has 0 bridgehead atoms. The Balaban J connectivity index is 1.72. The summed E-state index contributed by atoms with van der Waals surface area (Å²) in [5.74, 6) is 0.905. The molecule has 0 N–H and O–H groups in total. The molecule has 0 atom stereocenters. The lowest BCUT2D eigenvalue weighted by atomic mass is 10.0. The van der Waals surface area contributed by atoms with Crippen LogP contribution in [0.2, 0.25) is 0 Å². The molecule has 0 heterocycles.